The first kappa shape index (κ1) is 24.4. The Morgan fingerprint density at radius 3 is 2.76 bits per heavy atom. The summed E-state index contributed by atoms with van der Waals surface area (Å²) in [5.41, 5.74) is 0.995. The highest BCUT2D eigenvalue weighted by molar-refractivity contribution is 14.0. The van der Waals surface area contributed by atoms with Gasteiger partial charge in [0.05, 0.1) is 5.69 Å². The zero-order chi connectivity index (χ0) is 19.4. The van der Waals surface area contributed by atoms with Crippen LogP contribution < -0.4 is 5.32 Å². The van der Waals surface area contributed by atoms with Gasteiger partial charge in [0.25, 0.3) is 0 Å². The maximum atomic E-state index is 5.85. The van der Waals surface area contributed by atoms with Gasteiger partial charge < -0.3 is 24.2 Å². The molecule has 2 aliphatic rings. The molecule has 2 aliphatic heterocycles. The molecule has 0 saturated carbocycles. The third-order valence-corrected chi connectivity index (χ3v) is 5.29. The van der Waals surface area contributed by atoms with Crippen molar-refractivity contribution in [2.45, 2.75) is 32.7 Å². The second-order valence-electron chi connectivity index (χ2n) is 7.47. The summed E-state index contributed by atoms with van der Waals surface area (Å²) in [6.45, 7) is 12.0. The van der Waals surface area contributed by atoms with Crippen molar-refractivity contribution >= 4 is 29.9 Å². The summed E-state index contributed by atoms with van der Waals surface area (Å²) in [4.78, 5) is 9.57. The fraction of sp³-hybridized carbons (Fsp3) is 0.800. The quantitative estimate of drug-likeness (QED) is 0.231. The lowest BCUT2D eigenvalue weighted by Crippen LogP contribution is -2.52. The first-order valence-corrected chi connectivity index (χ1v) is 10.7. The average Bonchev–Trinajstić information content (AvgIpc) is 3.24. The zero-order valence-electron chi connectivity index (χ0n) is 17.6. The van der Waals surface area contributed by atoms with E-state index >= 15 is 0 Å². The summed E-state index contributed by atoms with van der Waals surface area (Å²) in [5, 5.41) is 7.43. The SMILES string of the molecule is CCNC(=NCCCOCC1CCOCC1)N1CCN(Cc2ccon2)CC1.I. The van der Waals surface area contributed by atoms with Gasteiger partial charge in [0.2, 0.25) is 0 Å². The largest absolute Gasteiger partial charge is 0.381 e. The van der Waals surface area contributed by atoms with Gasteiger partial charge in [-0.05, 0) is 32.1 Å². The lowest BCUT2D eigenvalue weighted by Gasteiger charge is -2.36. The highest BCUT2D eigenvalue weighted by Crippen LogP contribution is 2.14. The molecule has 9 heteroatoms. The number of piperazine rings is 1. The molecule has 0 radical (unpaired) electrons. The number of ether oxygens (including phenoxy) is 2. The molecule has 29 heavy (non-hydrogen) atoms. The second kappa shape index (κ2) is 14.2. The number of guanidine groups is 1. The predicted molar refractivity (Wildman–Crippen MR) is 124 cm³/mol. The van der Waals surface area contributed by atoms with Crippen LogP contribution in [0, 0.1) is 5.92 Å². The van der Waals surface area contributed by atoms with E-state index in [0.29, 0.717) is 5.92 Å². The minimum atomic E-state index is 0. The van der Waals surface area contributed by atoms with Crippen molar-refractivity contribution < 1.29 is 14.0 Å². The molecule has 1 N–H and O–H groups in total. The van der Waals surface area contributed by atoms with E-state index in [2.05, 4.69) is 27.2 Å². The topological polar surface area (TPSA) is 75.4 Å². The van der Waals surface area contributed by atoms with E-state index in [1.807, 2.05) is 6.07 Å². The summed E-state index contributed by atoms with van der Waals surface area (Å²) in [6, 6.07) is 1.93. The van der Waals surface area contributed by atoms with Gasteiger partial charge in [0, 0.05) is 78.3 Å². The Balaban J connectivity index is 0.00000300. The Kier molecular flexibility index (Phi) is 11.9. The molecule has 0 atom stereocenters. The van der Waals surface area contributed by atoms with Crippen LogP contribution in [0.15, 0.2) is 21.8 Å². The van der Waals surface area contributed by atoms with Gasteiger partial charge in [-0.25, -0.2) is 0 Å². The van der Waals surface area contributed by atoms with Gasteiger partial charge in [-0.2, -0.15) is 0 Å². The Morgan fingerprint density at radius 2 is 2.07 bits per heavy atom. The molecule has 0 aromatic carbocycles. The third kappa shape index (κ3) is 8.77. The molecule has 3 heterocycles. The van der Waals surface area contributed by atoms with Gasteiger partial charge in [-0.15, -0.1) is 24.0 Å². The fourth-order valence-electron chi connectivity index (χ4n) is 3.61. The van der Waals surface area contributed by atoms with Gasteiger partial charge >= 0.3 is 0 Å². The van der Waals surface area contributed by atoms with Crippen LogP contribution in [0.2, 0.25) is 0 Å². The fourth-order valence-corrected chi connectivity index (χ4v) is 3.61. The smallest absolute Gasteiger partial charge is 0.194 e. The first-order valence-electron chi connectivity index (χ1n) is 10.7. The lowest BCUT2D eigenvalue weighted by atomic mass is 10.0. The van der Waals surface area contributed by atoms with Crippen LogP contribution in [0.5, 0.6) is 0 Å². The summed E-state index contributed by atoms with van der Waals surface area (Å²) >= 11 is 0. The number of nitrogens with zero attached hydrogens (tertiary/aromatic N) is 4. The van der Waals surface area contributed by atoms with Crippen molar-refractivity contribution in [3.63, 3.8) is 0 Å². The van der Waals surface area contributed by atoms with E-state index in [1.165, 1.54) is 0 Å². The molecular formula is C20H36IN5O3. The molecule has 166 valence electrons. The van der Waals surface area contributed by atoms with Crippen LogP contribution in [0.25, 0.3) is 0 Å². The van der Waals surface area contributed by atoms with E-state index in [9.17, 15) is 0 Å². The van der Waals surface area contributed by atoms with Crippen LogP contribution in [0.1, 0.15) is 31.9 Å². The number of rotatable bonds is 9. The molecule has 0 bridgehead atoms. The highest BCUT2D eigenvalue weighted by Gasteiger charge is 2.20. The summed E-state index contributed by atoms with van der Waals surface area (Å²) < 4.78 is 16.2. The minimum absolute atomic E-state index is 0. The lowest BCUT2D eigenvalue weighted by molar-refractivity contribution is 0.0205. The molecule has 0 amide bonds. The van der Waals surface area contributed by atoms with Crippen LogP contribution in [-0.2, 0) is 16.0 Å². The molecule has 8 nitrogen and oxygen atoms in total. The first-order chi connectivity index (χ1) is 13.8. The molecule has 2 fully saturated rings. The standard InChI is InChI=1S/C20H35N5O3.HI/c1-2-21-20(22-7-3-12-27-17-18-4-13-26-14-5-18)25-10-8-24(9-11-25)16-19-6-15-28-23-19;/h6,15,18H,2-5,7-14,16-17H2,1H3,(H,21,22);1H. The van der Waals surface area contributed by atoms with Crippen LogP contribution in [-0.4, -0.2) is 86.6 Å². The Labute approximate surface area is 191 Å². The molecule has 3 rings (SSSR count). The monoisotopic (exact) mass is 521 g/mol. The Hall–Kier alpha value is -0.910. The molecule has 0 spiro atoms. The van der Waals surface area contributed by atoms with Crippen molar-refractivity contribution in [2.75, 3.05) is 65.7 Å². The normalized spacial score (nSPS) is 19.2. The number of nitrogens with one attached hydrogen (secondary N) is 1. The Morgan fingerprint density at radius 1 is 1.28 bits per heavy atom. The summed E-state index contributed by atoms with van der Waals surface area (Å²) in [7, 11) is 0. The van der Waals surface area contributed by atoms with Crippen molar-refractivity contribution in [1.82, 2.24) is 20.3 Å². The van der Waals surface area contributed by atoms with E-state index in [0.717, 1.165) is 103 Å². The van der Waals surface area contributed by atoms with Crippen molar-refractivity contribution in [3.8, 4) is 0 Å². The predicted octanol–water partition coefficient (Wildman–Crippen LogP) is 2.21. The number of halogens is 1. The van der Waals surface area contributed by atoms with Gasteiger partial charge in [-0.3, -0.25) is 9.89 Å². The molecule has 2 saturated heterocycles. The van der Waals surface area contributed by atoms with Crippen molar-refractivity contribution in [3.05, 3.63) is 18.0 Å². The second-order valence-corrected chi connectivity index (χ2v) is 7.47. The molecule has 1 aromatic heterocycles. The summed E-state index contributed by atoms with van der Waals surface area (Å²) in [6.07, 6.45) is 4.86. The van der Waals surface area contributed by atoms with Crippen molar-refractivity contribution in [2.24, 2.45) is 10.9 Å². The third-order valence-electron chi connectivity index (χ3n) is 5.29. The number of hydrogen-bond acceptors (Lipinski definition) is 6. The van der Waals surface area contributed by atoms with Gasteiger partial charge in [0.1, 0.15) is 6.26 Å². The minimum Gasteiger partial charge on any atom is -0.381 e. The summed E-state index contributed by atoms with van der Waals surface area (Å²) in [5.74, 6) is 1.69. The zero-order valence-corrected chi connectivity index (χ0v) is 19.9. The van der Waals surface area contributed by atoms with Gasteiger partial charge in [0.15, 0.2) is 5.96 Å². The van der Waals surface area contributed by atoms with E-state index in [-0.39, 0.29) is 24.0 Å². The number of aliphatic imine (C=N–C) groups is 1. The highest BCUT2D eigenvalue weighted by atomic mass is 127. The number of aromatic nitrogens is 1. The molecule has 0 aliphatic carbocycles. The Bertz CT molecular complexity index is 558. The van der Waals surface area contributed by atoms with Crippen LogP contribution >= 0.6 is 24.0 Å². The van der Waals surface area contributed by atoms with Crippen molar-refractivity contribution in [1.29, 1.82) is 0 Å². The van der Waals surface area contributed by atoms with Crippen LogP contribution in [0.4, 0.5) is 0 Å². The average molecular weight is 521 g/mol. The maximum absolute atomic E-state index is 5.85. The number of hydrogen-bond donors (Lipinski definition) is 1. The molecule has 0 unspecified atom stereocenters. The molecule has 1 aromatic rings. The van der Waals surface area contributed by atoms with E-state index < -0.39 is 0 Å². The van der Waals surface area contributed by atoms with E-state index in [1.54, 1.807) is 6.26 Å². The maximum Gasteiger partial charge on any atom is 0.194 e. The van der Waals surface area contributed by atoms with E-state index in [4.69, 9.17) is 19.0 Å². The van der Waals surface area contributed by atoms with Gasteiger partial charge in [-0.1, -0.05) is 5.16 Å². The molecular weight excluding hydrogens is 485 g/mol. The van der Waals surface area contributed by atoms with Crippen LogP contribution in [0.3, 0.4) is 0 Å².